The number of hydrogen-bond acceptors (Lipinski definition) is 8. The third kappa shape index (κ3) is 8.05. The van der Waals surface area contributed by atoms with Crippen LogP contribution in [0.1, 0.15) is 27.7 Å². The molecule has 4 unspecified atom stereocenters. The van der Waals surface area contributed by atoms with Crippen LogP contribution in [0.15, 0.2) is 22.5 Å². The van der Waals surface area contributed by atoms with E-state index in [1.54, 1.807) is 27.7 Å². The van der Waals surface area contributed by atoms with Gasteiger partial charge in [0.1, 0.15) is 37.6 Å². The fourth-order valence-electron chi connectivity index (χ4n) is 2.11. The fourth-order valence-corrected chi connectivity index (χ4v) is 2.11. The zero-order valence-corrected chi connectivity index (χ0v) is 16.7. The highest BCUT2D eigenvalue weighted by Gasteiger charge is 2.32. The van der Waals surface area contributed by atoms with Gasteiger partial charge in [-0.05, 0) is 38.8 Å². The molecule has 0 aromatic carbocycles. The summed E-state index contributed by atoms with van der Waals surface area (Å²) in [6.45, 7) is 5.48. The molecule has 4 atom stereocenters. The molecule has 0 aliphatic carbocycles. The zero-order chi connectivity index (χ0) is 22.0. The van der Waals surface area contributed by atoms with Crippen molar-refractivity contribution in [3.05, 3.63) is 36.6 Å². The van der Waals surface area contributed by atoms with Gasteiger partial charge in [0.15, 0.2) is 11.4 Å². The summed E-state index contributed by atoms with van der Waals surface area (Å²) in [5.41, 5.74) is 1.74. The molecule has 0 radical (unpaired) electrons. The molecule has 0 aliphatic heterocycles. The van der Waals surface area contributed by atoms with Gasteiger partial charge in [0.25, 0.3) is 0 Å². The third-order valence-corrected chi connectivity index (χ3v) is 3.83. The Morgan fingerprint density at radius 1 is 0.750 bits per heavy atom. The predicted octanol–water partition coefficient (Wildman–Crippen LogP) is -3.19. The minimum Gasteiger partial charge on any atom is -0.455 e. The van der Waals surface area contributed by atoms with Gasteiger partial charge >= 0.3 is 11.9 Å². The van der Waals surface area contributed by atoms with Gasteiger partial charge in [0, 0.05) is 0 Å². The average molecular weight is 404 g/mol. The molecule has 0 rings (SSSR count). The maximum atomic E-state index is 11.8. The van der Waals surface area contributed by atoms with Crippen molar-refractivity contribution in [3.8, 4) is 0 Å². The highest BCUT2D eigenvalue weighted by atomic mass is 16.6. The SMILES string of the molecule is [CH2-][NH2+]C(C(=O)OCC(O)C(O)C(O)C(O)COC(=O)C([NH2+][CH2-])=C(C)C)=C(C)C. The smallest absolute Gasteiger partial charge is 0.390 e. The van der Waals surface area contributed by atoms with Crippen molar-refractivity contribution in [2.75, 3.05) is 13.2 Å². The number of esters is 2. The Balaban J connectivity index is 4.69. The van der Waals surface area contributed by atoms with E-state index in [0.717, 1.165) is 0 Å². The number of quaternary nitrogens is 2. The number of aliphatic hydroxyl groups excluding tert-OH is 4. The van der Waals surface area contributed by atoms with Crippen LogP contribution in [0.2, 0.25) is 0 Å². The number of nitrogens with two attached hydrogens (primary N) is 2. The van der Waals surface area contributed by atoms with Crippen LogP contribution in [0.4, 0.5) is 0 Å². The van der Waals surface area contributed by atoms with Crippen LogP contribution in [-0.4, -0.2) is 70.0 Å². The van der Waals surface area contributed by atoms with E-state index in [1.165, 1.54) is 10.6 Å². The maximum Gasteiger partial charge on any atom is 0.390 e. The van der Waals surface area contributed by atoms with Gasteiger partial charge < -0.3 is 40.5 Å². The van der Waals surface area contributed by atoms with E-state index in [4.69, 9.17) is 9.47 Å². The molecule has 0 spiro atoms. The Labute approximate surface area is 164 Å². The largest absolute Gasteiger partial charge is 0.455 e. The number of carbonyl (C=O) groups is 2. The monoisotopic (exact) mass is 404 g/mol. The first-order valence-corrected chi connectivity index (χ1v) is 8.64. The van der Waals surface area contributed by atoms with Crippen molar-refractivity contribution >= 4 is 11.9 Å². The Bertz CT molecular complexity index is 542. The summed E-state index contributed by atoms with van der Waals surface area (Å²) >= 11 is 0. The number of allylic oxidation sites excluding steroid dienone is 2. The van der Waals surface area contributed by atoms with Gasteiger partial charge in [0.2, 0.25) is 0 Å². The highest BCUT2D eigenvalue weighted by molar-refractivity contribution is 5.86. The Morgan fingerprint density at radius 3 is 1.25 bits per heavy atom. The van der Waals surface area contributed by atoms with Gasteiger partial charge in [-0.2, -0.15) is 0 Å². The number of aliphatic hydroxyl groups is 4. The van der Waals surface area contributed by atoms with Crippen LogP contribution in [0.3, 0.4) is 0 Å². The molecule has 0 aromatic rings. The van der Waals surface area contributed by atoms with Crippen molar-refractivity contribution in [1.29, 1.82) is 0 Å². The molecule has 0 heterocycles. The van der Waals surface area contributed by atoms with Crippen LogP contribution in [0.25, 0.3) is 0 Å². The van der Waals surface area contributed by atoms with Crippen molar-refractivity contribution < 1.29 is 50.1 Å². The molecule has 0 saturated carbocycles. The summed E-state index contributed by atoms with van der Waals surface area (Å²) in [5, 5.41) is 42.2. The molecule has 162 valence electrons. The predicted molar refractivity (Wildman–Crippen MR) is 97.3 cm³/mol. The molecule has 8 N–H and O–H groups in total. The van der Waals surface area contributed by atoms with Crippen LogP contribution >= 0.6 is 0 Å². The Morgan fingerprint density at radius 2 is 1.04 bits per heavy atom. The lowest BCUT2D eigenvalue weighted by Crippen LogP contribution is -2.77. The fraction of sp³-hybridized carbons (Fsp3) is 0.556. The molecule has 0 aromatic heterocycles. The van der Waals surface area contributed by atoms with Crippen LogP contribution in [0, 0.1) is 14.1 Å². The molecule has 0 saturated heterocycles. The maximum absolute atomic E-state index is 11.8. The lowest BCUT2D eigenvalue weighted by molar-refractivity contribution is -0.539. The first kappa shape index (κ1) is 26.2. The van der Waals surface area contributed by atoms with Gasteiger partial charge in [-0.1, -0.05) is 0 Å². The van der Waals surface area contributed by atoms with Crippen molar-refractivity contribution in [1.82, 2.24) is 0 Å². The second-order valence-corrected chi connectivity index (χ2v) is 6.55. The molecule has 0 fully saturated rings. The second kappa shape index (κ2) is 12.6. The summed E-state index contributed by atoms with van der Waals surface area (Å²) in [7, 11) is 6.97. The lowest BCUT2D eigenvalue weighted by Gasteiger charge is -2.26. The molecule has 0 aliphatic rings. The quantitative estimate of drug-likeness (QED) is 0.119. The second-order valence-electron chi connectivity index (χ2n) is 6.55. The number of hydrogen-bond donors (Lipinski definition) is 6. The molecule has 10 nitrogen and oxygen atoms in total. The van der Waals surface area contributed by atoms with Gasteiger partial charge in [0.05, 0.1) is 0 Å². The summed E-state index contributed by atoms with van der Waals surface area (Å²) in [6.07, 6.45) is -7.03. The van der Waals surface area contributed by atoms with E-state index >= 15 is 0 Å². The van der Waals surface area contributed by atoms with E-state index in [0.29, 0.717) is 11.1 Å². The van der Waals surface area contributed by atoms with Crippen LogP contribution in [-0.2, 0) is 19.1 Å². The third-order valence-electron chi connectivity index (χ3n) is 3.83. The first-order chi connectivity index (χ1) is 13.0. The van der Waals surface area contributed by atoms with Crippen molar-refractivity contribution in [2.45, 2.75) is 52.1 Å². The minimum absolute atomic E-state index is 0.214. The standard InChI is InChI=1S/C18H32N2O8/c1-9(2)13(19-5)17(25)27-7-11(21)15(23)16(24)12(22)8-28-18(26)14(20-6)10(3)4/h11-12,15-16,21-24H,5-8,19-20H2,1-4H3. The summed E-state index contributed by atoms with van der Waals surface area (Å²) in [4.78, 5) is 23.7. The van der Waals surface area contributed by atoms with Crippen molar-refractivity contribution in [2.24, 2.45) is 0 Å². The van der Waals surface area contributed by atoms with Gasteiger partial charge in [-0.25, -0.2) is 9.59 Å². The van der Waals surface area contributed by atoms with E-state index in [1.807, 2.05) is 0 Å². The number of rotatable bonds is 11. The molecule has 28 heavy (non-hydrogen) atoms. The molecule has 0 amide bonds. The van der Waals surface area contributed by atoms with E-state index in [9.17, 15) is 30.0 Å². The van der Waals surface area contributed by atoms with Gasteiger partial charge in [-0.3, -0.25) is 0 Å². The summed E-state index contributed by atoms with van der Waals surface area (Å²) in [6, 6.07) is 0. The summed E-state index contributed by atoms with van der Waals surface area (Å²) in [5.74, 6) is -1.49. The Hall–Kier alpha value is -1.82. The normalized spacial score (nSPS) is 15.1. The number of ether oxygens (including phenoxy) is 2. The van der Waals surface area contributed by atoms with E-state index in [-0.39, 0.29) is 11.4 Å². The zero-order valence-electron chi connectivity index (χ0n) is 16.7. The molecule has 0 bridgehead atoms. The average Bonchev–Trinajstić information content (AvgIpc) is 2.63. The van der Waals surface area contributed by atoms with Crippen LogP contribution < -0.4 is 10.6 Å². The Kier molecular flexibility index (Phi) is 11.8. The van der Waals surface area contributed by atoms with Crippen molar-refractivity contribution in [3.63, 3.8) is 0 Å². The topological polar surface area (TPSA) is 167 Å². The number of carbonyl (C=O) groups excluding carboxylic acids is 2. The lowest BCUT2D eigenvalue weighted by atomic mass is 10.0. The minimum atomic E-state index is -1.84. The van der Waals surface area contributed by atoms with E-state index in [2.05, 4.69) is 14.1 Å². The summed E-state index contributed by atoms with van der Waals surface area (Å²) < 4.78 is 9.73. The first-order valence-electron chi connectivity index (χ1n) is 8.64. The molecular formula is C18H32N2O8. The highest BCUT2D eigenvalue weighted by Crippen LogP contribution is 2.08. The molecule has 10 heteroatoms. The van der Waals surface area contributed by atoms with Gasteiger partial charge in [-0.15, -0.1) is 14.1 Å². The van der Waals surface area contributed by atoms with Crippen LogP contribution in [0.5, 0.6) is 0 Å². The molecular weight excluding hydrogens is 372 g/mol. The van der Waals surface area contributed by atoms with E-state index < -0.39 is 49.6 Å².